The molecule has 10 heteroatoms. The van der Waals surface area contributed by atoms with Gasteiger partial charge in [0.05, 0.1) is 5.92 Å². The van der Waals surface area contributed by atoms with E-state index >= 15 is 0 Å². The van der Waals surface area contributed by atoms with E-state index in [1.54, 1.807) is 51.1 Å². The van der Waals surface area contributed by atoms with E-state index in [9.17, 15) is 23.8 Å². The van der Waals surface area contributed by atoms with Gasteiger partial charge < -0.3 is 25.0 Å². The van der Waals surface area contributed by atoms with Crippen molar-refractivity contribution < 1.29 is 33.3 Å². The molecule has 9 nitrogen and oxygen atoms in total. The fraction of sp³-hybridized carbons (Fsp3) is 0.289. The van der Waals surface area contributed by atoms with Crippen molar-refractivity contribution in [3.8, 4) is 11.1 Å². The highest BCUT2D eigenvalue weighted by Crippen LogP contribution is 2.55. The minimum absolute atomic E-state index is 0.0397. The van der Waals surface area contributed by atoms with Gasteiger partial charge in [0, 0.05) is 6.16 Å². The van der Waals surface area contributed by atoms with Gasteiger partial charge >= 0.3 is 12.1 Å². The van der Waals surface area contributed by atoms with Crippen molar-refractivity contribution in [3.05, 3.63) is 132 Å². The van der Waals surface area contributed by atoms with Crippen LogP contribution >= 0.6 is 7.37 Å². The minimum atomic E-state index is -4.36. The van der Waals surface area contributed by atoms with Crippen molar-refractivity contribution in [1.82, 2.24) is 10.6 Å². The van der Waals surface area contributed by atoms with Gasteiger partial charge in [-0.1, -0.05) is 115 Å². The molecule has 252 valence electrons. The average Bonchev–Trinajstić information content (AvgIpc) is 3.06. The van der Waals surface area contributed by atoms with E-state index in [1.807, 2.05) is 84.9 Å². The van der Waals surface area contributed by atoms with Crippen LogP contribution < -0.4 is 10.6 Å². The number of carbonyl (C=O) groups is 3. The normalized spacial score (nSPS) is 14.4. The summed E-state index contributed by atoms with van der Waals surface area (Å²) in [5, 5.41) is 5.26. The Morgan fingerprint density at radius 3 is 1.88 bits per heavy atom. The molecule has 0 aliphatic carbocycles. The number of esters is 1. The van der Waals surface area contributed by atoms with E-state index in [1.165, 1.54) is 6.92 Å². The Hall–Kier alpha value is -4.72. The Balaban J connectivity index is 1.58. The fourth-order valence-corrected chi connectivity index (χ4v) is 7.21. The van der Waals surface area contributed by atoms with Crippen LogP contribution in [0, 0.1) is 5.92 Å². The second kappa shape index (κ2) is 16.4. The molecule has 0 bridgehead atoms. The van der Waals surface area contributed by atoms with Crippen LogP contribution in [-0.2, 0) is 36.7 Å². The van der Waals surface area contributed by atoms with Crippen LogP contribution in [0.4, 0.5) is 4.79 Å². The first-order valence-corrected chi connectivity index (χ1v) is 17.7. The predicted octanol–water partition coefficient (Wildman–Crippen LogP) is 7.25. The smallest absolute Gasteiger partial charge is 0.408 e. The van der Waals surface area contributed by atoms with Gasteiger partial charge in [-0.25, -0.2) is 9.59 Å². The van der Waals surface area contributed by atoms with Crippen LogP contribution in [-0.4, -0.2) is 40.7 Å². The van der Waals surface area contributed by atoms with Gasteiger partial charge in [-0.15, -0.1) is 0 Å². The average molecular weight is 671 g/mol. The molecule has 48 heavy (non-hydrogen) atoms. The van der Waals surface area contributed by atoms with Gasteiger partial charge in [-0.2, -0.15) is 0 Å². The molecule has 0 aromatic heterocycles. The molecule has 4 aromatic carbocycles. The summed E-state index contributed by atoms with van der Waals surface area (Å²) in [5.74, 6) is -3.62. The van der Waals surface area contributed by atoms with Gasteiger partial charge in [0.25, 0.3) is 0 Å². The van der Waals surface area contributed by atoms with Crippen molar-refractivity contribution in [3.63, 3.8) is 0 Å². The Labute approximate surface area is 282 Å². The molecule has 0 saturated heterocycles. The molecule has 3 N–H and O–H groups in total. The Bertz CT molecular complexity index is 1690. The molecular weight excluding hydrogens is 627 g/mol. The maximum absolute atomic E-state index is 14.3. The molecule has 0 fully saturated rings. The SMILES string of the molecule is C[C@H](NC(=O)[C@H](Cc1ccc(-c2ccccc2)cc1)CP(=O)(O)[C@@H](NC(=O)OC(C)(C)C)c1ccccc1)C(=O)OCc1ccccc1. The van der Waals surface area contributed by atoms with Crippen LogP contribution in [0.15, 0.2) is 115 Å². The lowest BCUT2D eigenvalue weighted by molar-refractivity contribution is -0.148. The zero-order chi connectivity index (χ0) is 34.7. The summed E-state index contributed by atoms with van der Waals surface area (Å²) in [5.41, 5.74) is 3.11. The first-order chi connectivity index (χ1) is 22.8. The van der Waals surface area contributed by atoms with Gasteiger partial charge in [0.1, 0.15) is 24.0 Å². The topological polar surface area (TPSA) is 131 Å². The lowest BCUT2D eigenvalue weighted by atomic mass is 9.97. The largest absolute Gasteiger partial charge is 0.459 e. The Kier molecular flexibility index (Phi) is 12.3. The lowest BCUT2D eigenvalue weighted by Gasteiger charge is -2.29. The maximum Gasteiger partial charge on any atom is 0.408 e. The summed E-state index contributed by atoms with van der Waals surface area (Å²) < 4.78 is 25.1. The van der Waals surface area contributed by atoms with Crippen LogP contribution in [0.1, 0.15) is 50.2 Å². The Morgan fingerprint density at radius 1 is 0.750 bits per heavy atom. The summed E-state index contributed by atoms with van der Waals surface area (Å²) in [6, 6.07) is 34.0. The molecule has 1 unspecified atom stereocenters. The second-order valence-electron chi connectivity index (χ2n) is 12.7. The summed E-state index contributed by atoms with van der Waals surface area (Å²) in [4.78, 5) is 51.1. The molecule has 0 aliphatic rings. The number of ether oxygens (including phenoxy) is 2. The van der Waals surface area contributed by atoms with E-state index in [0.29, 0.717) is 5.56 Å². The third-order valence-corrected chi connectivity index (χ3v) is 9.70. The van der Waals surface area contributed by atoms with Crippen LogP contribution in [0.3, 0.4) is 0 Å². The number of nitrogens with one attached hydrogen (secondary N) is 2. The maximum atomic E-state index is 14.3. The minimum Gasteiger partial charge on any atom is -0.459 e. The molecule has 4 rings (SSSR count). The van der Waals surface area contributed by atoms with Crippen molar-refractivity contribution in [2.45, 2.75) is 58.1 Å². The van der Waals surface area contributed by atoms with Gasteiger partial charge in [0.15, 0.2) is 0 Å². The Morgan fingerprint density at radius 2 is 1.29 bits per heavy atom. The molecule has 0 heterocycles. The van der Waals surface area contributed by atoms with Crippen molar-refractivity contribution in [2.24, 2.45) is 5.92 Å². The van der Waals surface area contributed by atoms with E-state index in [2.05, 4.69) is 10.6 Å². The standard InChI is InChI=1S/C38H43N2O7P/c1-27(36(42)46-25-29-14-8-5-9-15-29)39-34(41)33(24-28-20-22-31(23-21-28)30-16-10-6-11-17-30)26-48(44,45)35(32-18-12-7-13-19-32)40-37(43)47-38(2,3)4/h5-23,27,33,35H,24-26H2,1-4H3,(H,39,41)(H,40,43)(H,44,45)/t27-,33+,35+/m0/s1. The summed E-state index contributed by atoms with van der Waals surface area (Å²) in [6.07, 6.45) is -1.25. The van der Waals surface area contributed by atoms with Gasteiger partial charge in [-0.3, -0.25) is 9.36 Å². The summed E-state index contributed by atoms with van der Waals surface area (Å²) >= 11 is 0. The summed E-state index contributed by atoms with van der Waals surface area (Å²) in [7, 11) is -4.36. The number of hydrogen-bond acceptors (Lipinski definition) is 6. The number of amides is 2. The molecular formula is C38H43N2O7P. The number of rotatable bonds is 13. The quantitative estimate of drug-likeness (QED) is 0.101. The zero-order valence-corrected chi connectivity index (χ0v) is 28.6. The number of hydrogen-bond donors (Lipinski definition) is 3. The third kappa shape index (κ3) is 10.9. The van der Waals surface area contributed by atoms with Crippen LogP contribution in [0.2, 0.25) is 0 Å². The number of benzene rings is 4. The first kappa shape index (κ1) is 36.1. The highest BCUT2D eigenvalue weighted by Gasteiger charge is 2.39. The van der Waals surface area contributed by atoms with E-state index in [-0.39, 0.29) is 13.0 Å². The molecule has 0 aliphatic heterocycles. The van der Waals surface area contributed by atoms with Crippen LogP contribution in [0.5, 0.6) is 0 Å². The van der Waals surface area contributed by atoms with E-state index in [4.69, 9.17) is 9.47 Å². The number of carbonyl (C=O) groups excluding carboxylic acids is 3. The predicted molar refractivity (Wildman–Crippen MR) is 186 cm³/mol. The summed E-state index contributed by atoms with van der Waals surface area (Å²) in [6.45, 7) is 6.62. The van der Waals surface area contributed by atoms with E-state index < -0.39 is 54.8 Å². The van der Waals surface area contributed by atoms with Gasteiger partial charge in [-0.05, 0) is 61.9 Å². The lowest BCUT2D eigenvalue weighted by Crippen LogP contribution is -2.44. The fourth-order valence-electron chi connectivity index (χ4n) is 5.13. The number of alkyl carbamates (subject to hydrolysis) is 1. The first-order valence-electron chi connectivity index (χ1n) is 15.8. The molecule has 4 atom stereocenters. The van der Waals surface area contributed by atoms with Crippen molar-refractivity contribution >= 4 is 25.3 Å². The molecule has 2 amide bonds. The molecule has 4 aromatic rings. The third-order valence-electron chi connectivity index (χ3n) is 7.50. The van der Waals surface area contributed by atoms with Crippen molar-refractivity contribution in [2.75, 3.05) is 6.16 Å². The van der Waals surface area contributed by atoms with Crippen molar-refractivity contribution in [1.29, 1.82) is 0 Å². The van der Waals surface area contributed by atoms with E-state index in [0.717, 1.165) is 22.3 Å². The molecule has 0 radical (unpaired) electrons. The zero-order valence-electron chi connectivity index (χ0n) is 27.7. The highest BCUT2D eigenvalue weighted by atomic mass is 31.2. The second-order valence-corrected chi connectivity index (χ2v) is 15.1. The van der Waals surface area contributed by atoms with Crippen LogP contribution in [0.25, 0.3) is 11.1 Å². The van der Waals surface area contributed by atoms with Gasteiger partial charge in [0.2, 0.25) is 13.3 Å². The molecule has 0 spiro atoms. The monoisotopic (exact) mass is 670 g/mol. The molecule has 0 saturated carbocycles. The highest BCUT2D eigenvalue weighted by molar-refractivity contribution is 7.58.